The predicted octanol–water partition coefficient (Wildman–Crippen LogP) is 1.98. The van der Waals surface area contributed by atoms with Crippen molar-refractivity contribution in [2.75, 3.05) is 14.2 Å². The van der Waals surface area contributed by atoms with Gasteiger partial charge < -0.3 is 19.1 Å². The zero-order valence-corrected chi connectivity index (χ0v) is 13.1. The molecule has 9 heteroatoms. The molecule has 0 spiro atoms. The van der Waals surface area contributed by atoms with Crippen LogP contribution in [-0.2, 0) is 16.6 Å². The fourth-order valence-electron chi connectivity index (χ4n) is 2.51. The molecule has 0 saturated carbocycles. The minimum Gasteiger partial charge on any atom is -0.490 e. The molecule has 2 aromatic rings. The van der Waals surface area contributed by atoms with Gasteiger partial charge >= 0.3 is 17.6 Å². The highest BCUT2D eigenvalue weighted by molar-refractivity contribution is 6.12. The van der Waals surface area contributed by atoms with Crippen LogP contribution in [0.3, 0.4) is 0 Å². The molecule has 9 nitrogen and oxygen atoms in total. The summed E-state index contributed by atoms with van der Waals surface area (Å²) in [5.74, 6) is -2.05. The molecule has 24 heavy (non-hydrogen) atoms. The first-order valence-electron chi connectivity index (χ1n) is 6.66. The molecular weight excluding hydrogens is 320 g/mol. The number of aliphatic carboxylic acids is 1. The number of nitro groups is 1. The molecule has 1 N–H and O–H groups in total. The molecule has 0 amide bonds. The average molecular weight is 334 g/mol. The number of carbonyl (C=O) groups excluding carboxylic acids is 1. The summed E-state index contributed by atoms with van der Waals surface area (Å²) in [6.07, 6.45) is 2.02. The number of rotatable bonds is 5. The molecule has 1 aromatic heterocycles. The van der Waals surface area contributed by atoms with E-state index >= 15 is 0 Å². The van der Waals surface area contributed by atoms with Crippen molar-refractivity contribution in [3.8, 4) is 5.75 Å². The monoisotopic (exact) mass is 334 g/mol. The van der Waals surface area contributed by atoms with E-state index in [0.717, 1.165) is 13.2 Å². The van der Waals surface area contributed by atoms with Crippen molar-refractivity contribution >= 4 is 34.6 Å². The Bertz CT molecular complexity index is 880. The van der Waals surface area contributed by atoms with Crippen LogP contribution in [0.4, 0.5) is 5.69 Å². The minimum atomic E-state index is -1.22. The summed E-state index contributed by atoms with van der Waals surface area (Å²) in [5, 5.41) is 20.3. The minimum absolute atomic E-state index is 0.0167. The second kappa shape index (κ2) is 6.41. The maximum Gasteiger partial charge on any atom is 0.340 e. The third-order valence-electron chi connectivity index (χ3n) is 3.52. The number of aryl methyl sites for hydroxylation is 1. The molecule has 2 rings (SSSR count). The van der Waals surface area contributed by atoms with Gasteiger partial charge in [0, 0.05) is 13.1 Å². The van der Waals surface area contributed by atoms with E-state index in [1.807, 2.05) is 0 Å². The Morgan fingerprint density at radius 2 is 2.00 bits per heavy atom. The molecule has 1 heterocycles. The van der Waals surface area contributed by atoms with Gasteiger partial charge in [0.15, 0.2) is 5.75 Å². The number of hydrogen-bond donors (Lipinski definition) is 1. The summed E-state index contributed by atoms with van der Waals surface area (Å²) in [7, 11) is 3.98. The molecule has 0 bridgehead atoms. The number of hydrogen-bond acceptors (Lipinski definition) is 6. The Morgan fingerprint density at radius 3 is 2.50 bits per heavy atom. The Balaban J connectivity index is 3.01. The number of methoxy groups -OCH3 is 2. The molecule has 126 valence electrons. The number of fused-ring (bicyclic) bond motifs is 1. The largest absolute Gasteiger partial charge is 0.490 e. The number of nitrogens with zero attached hydrogens (tertiary/aromatic N) is 2. The summed E-state index contributed by atoms with van der Waals surface area (Å²) < 4.78 is 11.2. The van der Waals surface area contributed by atoms with Crippen LogP contribution < -0.4 is 4.74 Å². The number of carboxylic acid groups (broad SMARTS) is 1. The Kier molecular flexibility index (Phi) is 4.54. The van der Waals surface area contributed by atoms with E-state index < -0.39 is 16.9 Å². The Hall–Kier alpha value is -3.36. The van der Waals surface area contributed by atoms with Gasteiger partial charge in [-0.3, -0.25) is 10.1 Å². The molecule has 0 aliphatic rings. The smallest absolute Gasteiger partial charge is 0.340 e. The van der Waals surface area contributed by atoms with Gasteiger partial charge in [-0.25, -0.2) is 9.59 Å². The number of benzene rings is 1. The SMILES string of the molecule is COC(=O)c1c(C=CC(=O)O)n(C)c2ccc(OC)c([N+](=O)[O-])c12. The number of esters is 1. The Morgan fingerprint density at radius 1 is 1.33 bits per heavy atom. The lowest BCUT2D eigenvalue weighted by Gasteiger charge is -2.04. The lowest BCUT2D eigenvalue weighted by atomic mass is 10.1. The summed E-state index contributed by atoms with van der Waals surface area (Å²) >= 11 is 0. The van der Waals surface area contributed by atoms with E-state index in [1.165, 1.54) is 23.8 Å². The van der Waals surface area contributed by atoms with E-state index in [1.54, 1.807) is 13.1 Å². The van der Waals surface area contributed by atoms with Gasteiger partial charge in [0.2, 0.25) is 0 Å². The van der Waals surface area contributed by atoms with Crippen LogP contribution in [0.2, 0.25) is 0 Å². The van der Waals surface area contributed by atoms with Gasteiger partial charge in [-0.05, 0) is 18.2 Å². The fraction of sp³-hybridized carbons (Fsp3) is 0.200. The molecule has 1 aromatic carbocycles. The van der Waals surface area contributed by atoms with Crippen LogP contribution in [0.15, 0.2) is 18.2 Å². The first-order valence-corrected chi connectivity index (χ1v) is 6.66. The highest BCUT2D eigenvalue weighted by Crippen LogP contribution is 2.40. The third-order valence-corrected chi connectivity index (χ3v) is 3.52. The first kappa shape index (κ1) is 17.0. The van der Waals surface area contributed by atoms with Crippen molar-refractivity contribution in [3.63, 3.8) is 0 Å². The van der Waals surface area contributed by atoms with Crippen molar-refractivity contribution in [3.05, 3.63) is 39.6 Å². The lowest BCUT2D eigenvalue weighted by Crippen LogP contribution is -2.05. The van der Waals surface area contributed by atoms with Gasteiger partial charge in [0.25, 0.3) is 0 Å². The van der Waals surface area contributed by atoms with E-state index in [4.69, 9.17) is 14.6 Å². The molecular formula is C15H14N2O7. The molecule has 0 fully saturated rings. The van der Waals surface area contributed by atoms with E-state index in [2.05, 4.69) is 0 Å². The van der Waals surface area contributed by atoms with Crippen molar-refractivity contribution in [2.24, 2.45) is 7.05 Å². The van der Waals surface area contributed by atoms with Crippen molar-refractivity contribution in [2.45, 2.75) is 0 Å². The number of nitro benzene ring substituents is 1. The van der Waals surface area contributed by atoms with Crippen LogP contribution in [0.5, 0.6) is 5.75 Å². The standard InChI is InChI=1S/C15H14N2O7/c1-16-8-4-6-10(23-2)14(17(21)22)12(8)13(15(20)24-3)9(16)5-7-11(18)19/h4-7H,1-3H3,(H,18,19). The fourth-order valence-corrected chi connectivity index (χ4v) is 2.51. The molecule has 0 saturated heterocycles. The van der Waals surface area contributed by atoms with Gasteiger partial charge in [-0.15, -0.1) is 0 Å². The quantitative estimate of drug-likeness (QED) is 0.384. The van der Waals surface area contributed by atoms with Crippen molar-refractivity contribution < 1.29 is 29.1 Å². The van der Waals surface area contributed by atoms with Crippen molar-refractivity contribution in [1.82, 2.24) is 4.57 Å². The maximum absolute atomic E-state index is 12.2. The Labute approximate surface area is 135 Å². The molecule has 0 aliphatic heterocycles. The zero-order valence-electron chi connectivity index (χ0n) is 13.1. The number of carbonyl (C=O) groups is 2. The van der Waals surface area contributed by atoms with E-state index in [9.17, 15) is 19.7 Å². The van der Waals surface area contributed by atoms with Crippen LogP contribution in [0.25, 0.3) is 17.0 Å². The van der Waals surface area contributed by atoms with Crippen LogP contribution in [-0.4, -0.2) is 40.8 Å². The predicted molar refractivity (Wildman–Crippen MR) is 84.1 cm³/mol. The second-order valence-corrected chi connectivity index (χ2v) is 4.75. The summed E-state index contributed by atoms with van der Waals surface area (Å²) in [6, 6.07) is 2.96. The summed E-state index contributed by atoms with van der Waals surface area (Å²) in [4.78, 5) is 33.8. The van der Waals surface area contributed by atoms with E-state index in [0.29, 0.717) is 5.52 Å². The van der Waals surface area contributed by atoms with Gasteiger partial charge in [-0.1, -0.05) is 0 Å². The molecule has 0 atom stereocenters. The number of aromatic nitrogens is 1. The first-order chi connectivity index (χ1) is 11.3. The molecule has 0 aliphatic carbocycles. The van der Waals surface area contributed by atoms with Crippen LogP contribution >= 0.6 is 0 Å². The van der Waals surface area contributed by atoms with Crippen molar-refractivity contribution in [1.29, 1.82) is 0 Å². The van der Waals surface area contributed by atoms with Gasteiger partial charge in [-0.2, -0.15) is 0 Å². The zero-order chi connectivity index (χ0) is 18.0. The van der Waals surface area contributed by atoms with Crippen LogP contribution in [0, 0.1) is 10.1 Å². The third kappa shape index (κ3) is 2.67. The average Bonchev–Trinajstić information content (AvgIpc) is 2.83. The maximum atomic E-state index is 12.2. The van der Waals surface area contributed by atoms with Crippen LogP contribution in [0.1, 0.15) is 16.1 Å². The lowest BCUT2D eigenvalue weighted by molar-refractivity contribution is -0.384. The van der Waals surface area contributed by atoms with Gasteiger partial charge in [0.05, 0.1) is 41.3 Å². The number of ether oxygens (including phenoxy) is 2. The second-order valence-electron chi connectivity index (χ2n) is 4.75. The highest BCUT2D eigenvalue weighted by atomic mass is 16.6. The normalized spacial score (nSPS) is 11.0. The molecule has 0 unspecified atom stereocenters. The topological polar surface area (TPSA) is 121 Å². The summed E-state index contributed by atoms with van der Waals surface area (Å²) in [5.41, 5.74) is 0.0580. The van der Waals surface area contributed by atoms with E-state index in [-0.39, 0.29) is 28.1 Å². The molecule has 0 radical (unpaired) electrons. The van der Waals surface area contributed by atoms with Gasteiger partial charge in [0.1, 0.15) is 0 Å². The highest BCUT2D eigenvalue weighted by Gasteiger charge is 2.30. The number of carboxylic acids is 1. The summed E-state index contributed by atoms with van der Waals surface area (Å²) in [6.45, 7) is 0.